The summed E-state index contributed by atoms with van der Waals surface area (Å²) in [5.74, 6) is -0.141. The number of ether oxygens (including phenoxy) is 3. The van der Waals surface area contributed by atoms with Crippen LogP contribution in [0.15, 0.2) is 48.5 Å². The van der Waals surface area contributed by atoms with E-state index in [0.717, 1.165) is 11.1 Å². The zero-order chi connectivity index (χ0) is 27.2. The second-order valence-corrected chi connectivity index (χ2v) is 9.66. The van der Waals surface area contributed by atoms with Crippen molar-refractivity contribution in [3.8, 4) is 5.75 Å². The molecule has 1 aromatic heterocycles. The Kier molecular flexibility index (Phi) is 8.75. The molecule has 1 N–H and O–H groups in total. The van der Waals surface area contributed by atoms with Gasteiger partial charge in [0, 0.05) is 20.5 Å². The molecule has 0 aliphatic rings. The fraction of sp³-hybridized carbons (Fsp3) is 0.407. The third-order valence-corrected chi connectivity index (χ3v) is 5.18. The van der Waals surface area contributed by atoms with Gasteiger partial charge in [-0.3, -0.25) is 9.36 Å². The number of amides is 1. The molecule has 37 heavy (non-hydrogen) atoms. The van der Waals surface area contributed by atoms with E-state index >= 15 is 0 Å². The van der Waals surface area contributed by atoms with Gasteiger partial charge in [-0.25, -0.2) is 14.6 Å². The predicted molar refractivity (Wildman–Crippen MR) is 139 cm³/mol. The third kappa shape index (κ3) is 7.70. The summed E-state index contributed by atoms with van der Waals surface area (Å²) in [6, 6.07) is 13.5. The molecule has 3 aromatic rings. The minimum Gasteiger partial charge on any atom is -0.465 e. The van der Waals surface area contributed by atoms with Gasteiger partial charge in [0.1, 0.15) is 23.9 Å². The van der Waals surface area contributed by atoms with Crippen molar-refractivity contribution in [1.29, 1.82) is 0 Å². The standard InChI is InChI=1S/C27H34N4O6/c1-7-35-23(32)17-31-22-11-9-8-10-20(22)28-25(31)29-21(24(33)37-27(2,3)4)16-18-12-14-19(15-13-18)36-26(34)30(5)6/h8-15,21H,7,16-17H2,1-6H3,(H,28,29)/t21-/m0/s1. The lowest BCUT2D eigenvalue weighted by Crippen LogP contribution is -2.39. The molecular weight excluding hydrogens is 476 g/mol. The van der Waals surface area contributed by atoms with Crippen LogP contribution in [0.2, 0.25) is 0 Å². The van der Waals surface area contributed by atoms with Crippen molar-refractivity contribution >= 4 is 35.0 Å². The zero-order valence-corrected chi connectivity index (χ0v) is 22.1. The maximum Gasteiger partial charge on any atom is 0.414 e. The number of nitrogens with zero attached hydrogens (tertiary/aromatic N) is 3. The maximum atomic E-state index is 13.2. The average molecular weight is 511 g/mol. The van der Waals surface area contributed by atoms with Crippen molar-refractivity contribution in [2.24, 2.45) is 0 Å². The molecule has 2 aromatic carbocycles. The number of fused-ring (bicyclic) bond motifs is 1. The van der Waals surface area contributed by atoms with Gasteiger partial charge in [0.05, 0.1) is 17.6 Å². The fourth-order valence-electron chi connectivity index (χ4n) is 3.52. The van der Waals surface area contributed by atoms with Gasteiger partial charge in [0.2, 0.25) is 5.95 Å². The Hall–Kier alpha value is -4.08. The molecule has 0 unspecified atom stereocenters. The van der Waals surface area contributed by atoms with Crippen LogP contribution in [0.3, 0.4) is 0 Å². The highest BCUT2D eigenvalue weighted by molar-refractivity contribution is 5.84. The summed E-state index contributed by atoms with van der Waals surface area (Å²) in [6.45, 7) is 7.33. The van der Waals surface area contributed by atoms with Crippen LogP contribution >= 0.6 is 0 Å². The number of benzene rings is 2. The average Bonchev–Trinajstić information content (AvgIpc) is 3.15. The van der Waals surface area contributed by atoms with E-state index in [2.05, 4.69) is 10.3 Å². The second-order valence-electron chi connectivity index (χ2n) is 9.66. The highest BCUT2D eigenvalue weighted by Gasteiger charge is 2.28. The Balaban J connectivity index is 1.90. The first-order valence-corrected chi connectivity index (χ1v) is 12.0. The molecule has 0 spiro atoms. The van der Waals surface area contributed by atoms with Gasteiger partial charge in [-0.1, -0.05) is 24.3 Å². The molecule has 0 aliphatic heterocycles. The van der Waals surface area contributed by atoms with Crippen LogP contribution in [0.1, 0.15) is 33.3 Å². The predicted octanol–water partition coefficient (Wildman–Crippen LogP) is 4.02. The summed E-state index contributed by atoms with van der Waals surface area (Å²) in [7, 11) is 3.20. The Morgan fingerprint density at radius 1 is 1.05 bits per heavy atom. The van der Waals surface area contributed by atoms with Crippen LogP contribution in [0.4, 0.5) is 10.7 Å². The molecule has 0 radical (unpaired) electrons. The van der Waals surface area contributed by atoms with Gasteiger partial charge in [-0.15, -0.1) is 0 Å². The molecule has 10 heteroatoms. The van der Waals surface area contributed by atoms with Gasteiger partial charge in [0.15, 0.2) is 0 Å². The van der Waals surface area contributed by atoms with E-state index in [0.29, 0.717) is 17.2 Å². The lowest BCUT2D eigenvalue weighted by Gasteiger charge is -2.25. The van der Waals surface area contributed by atoms with Gasteiger partial charge >= 0.3 is 18.0 Å². The number of carbonyl (C=O) groups is 3. The molecule has 0 aliphatic carbocycles. The lowest BCUT2D eigenvalue weighted by atomic mass is 10.1. The smallest absolute Gasteiger partial charge is 0.414 e. The SMILES string of the molecule is CCOC(=O)Cn1c(N[C@@H](Cc2ccc(OC(=O)N(C)C)cc2)C(=O)OC(C)(C)C)nc2ccccc21. The molecule has 0 saturated heterocycles. The molecule has 1 atom stereocenters. The van der Waals surface area contributed by atoms with E-state index in [4.69, 9.17) is 14.2 Å². The Morgan fingerprint density at radius 2 is 1.73 bits per heavy atom. The Morgan fingerprint density at radius 3 is 2.35 bits per heavy atom. The number of carbonyl (C=O) groups excluding carboxylic acids is 3. The highest BCUT2D eigenvalue weighted by Crippen LogP contribution is 2.23. The summed E-state index contributed by atoms with van der Waals surface area (Å²) in [4.78, 5) is 43.3. The van der Waals surface area contributed by atoms with Gasteiger partial charge in [-0.05, 0) is 57.5 Å². The number of esters is 2. The number of hydrogen-bond acceptors (Lipinski definition) is 8. The summed E-state index contributed by atoms with van der Waals surface area (Å²) in [5.41, 5.74) is 1.50. The molecule has 198 valence electrons. The van der Waals surface area contributed by atoms with E-state index in [1.807, 2.05) is 24.3 Å². The normalized spacial score (nSPS) is 12.1. The number of para-hydroxylation sites is 2. The van der Waals surface area contributed by atoms with E-state index in [-0.39, 0.29) is 19.6 Å². The van der Waals surface area contributed by atoms with Crippen molar-refractivity contribution in [3.05, 3.63) is 54.1 Å². The van der Waals surface area contributed by atoms with Crippen molar-refractivity contribution in [2.75, 3.05) is 26.0 Å². The molecule has 1 heterocycles. The van der Waals surface area contributed by atoms with E-state index in [9.17, 15) is 14.4 Å². The molecular formula is C27H34N4O6. The summed E-state index contributed by atoms with van der Waals surface area (Å²) >= 11 is 0. The highest BCUT2D eigenvalue weighted by atomic mass is 16.6. The molecule has 0 bridgehead atoms. The van der Waals surface area contributed by atoms with Crippen LogP contribution in [0, 0.1) is 0 Å². The van der Waals surface area contributed by atoms with Crippen LogP contribution in [0.5, 0.6) is 5.75 Å². The van der Waals surface area contributed by atoms with Gasteiger partial charge in [0.25, 0.3) is 0 Å². The van der Waals surface area contributed by atoms with Gasteiger partial charge in [-0.2, -0.15) is 0 Å². The Bertz CT molecular complexity index is 1240. The maximum absolute atomic E-state index is 13.2. The number of aromatic nitrogens is 2. The first kappa shape index (κ1) is 27.5. The summed E-state index contributed by atoms with van der Waals surface area (Å²) < 4.78 is 17.8. The molecule has 0 fully saturated rings. The first-order valence-electron chi connectivity index (χ1n) is 12.0. The number of anilines is 1. The molecule has 0 saturated carbocycles. The Labute approximate surface area is 216 Å². The second kappa shape index (κ2) is 11.8. The van der Waals surface area contributed by atoms with E-state index in [1.165, 1.54) is 4.90 Å². The number of rotatable bonds is 9. The van der Waals surface area contributed by atoms with Crippen LogP contribution in [0.25, 0.3) is 11.0 Å². The van der Waals surface area contributed by atoms with Crippen molar-refractivity contribution in [1.82, 2.24) is 14.5 Å². The summed E-state index contributed by atoms with van der Waals surface area (Å²) in [6.07, 6.45) is -0.221. The van der Waals surface area contributed by atoms with Crippen LogP contribution in [-0.2, 0) is 32.0 Å². The minimum absolute atomic E-state index is 0.0658. The van der Waals surface area contributed by atoms with Crippen LogP contribution < -0.4 is 10.1 Å². The minimum atomic E-state index is -0.813. The largest absolute Gasteiger partial charge is 0.465 e. The fourth-order valence-corrected chi connectivity index (χ4v) is 3.52. The number of hydrogen-bond donors (Lipinski definition) is 1. The summed E-state index contributed by atoms with van der Waals surface area (Å²) in [5, 5.41) is 3.19. The zero-order valence-electron chi connectivity index (χ0n) is 22.1. The quantitative estimate of drug-likeness (QED) is 0.430. The molecule has 3 rings (SSSR count). The third-order valence-electron chi connectivity index (χ3n) is 5.18. The molecule has 1 amide bonds. The number of imidazole rings is 1. The molecule has 10 nitrogen and oxygen atoms in total. The monoisotopic (exact) mass is 510 g/mol. The van der Waals surface area contributed by atoms with Crippen molar-refractivity contribution in [2.45, 2.75) is 52.3 Å². The number of nitrogens with one attached hydrogen (secondary N) is 1. The van der Waals surface area contributed by atoms with Crippen molar-refractivity contribution in [3.63, 3.8) is 0 Å². The van der Waals surface area contributed by atoms with Gasteiger partial charge < -0.3 is 24.4 Å². The lowest BCUT2D eigenvalue weighted by molar-refractivity contribution is -0.155. The van der Waals surface area contributed by atoms with Crippen molar-refractivity contribution < 1.29 is 28.6 Å². The van der Waals surface area contributed by atoms with Crippen LogP contribution in [-0.4, -0.2) is 64.8 Å². The topological polar surface area (TPSA) is 112 Å². The van der Waals surface area contributed by atoms with E-state index in [1.54, 1.807) is 70.6 Å². The van der Waals surface area contributed by atoms with E-state index < -0.39 is 29.7 Å². The first-order chi connectivity index (χ1) is 17.5.